The number of amides is 1. The molecular formula is C10H22N2O2. The second-order valence-corrected chi connectivity index (χ2v) is 3.44. The molecule has 0 bridgehead atoms. The molecule has 1 unspecified atom stereocenters. The number of hydrogen-bond acceptors (Lipinski definition) is 3. The molecular weight excluding hydrogens is 180 g/mol. The predicted molar refractivity (Wildman–Crippen MR) is 57.3 cm³/mol. The Labute approximate surface area is 86.4 Å². The number of hydrogen-bond donors (Lipinski definition) is 2. The minimum absolute atomic E-state index is 0.0569. The molecule has 84 valence electrons. The average Bonchev–Trinajstić information content (AvgIpc) is 2.16. The van der Waals surface area contributed by atoms with Crippen molar-refractivity contribution in [1.82, 2.24) is 10.6 Å². The van der Waals surface area contributed by atoms with Gasteiger partial charge in [-0.3, -0.25) is 4.79 Å². The number of nitrogens with one attached hydrogen (secondary N) is 2. The topological polar surface area (TPSA) is 50.4 Å². The van der Waals surface area contributed by atoms with Gasteiger partial charge in [-0.25, -0.2) is 0 Å². The molecule has 0 aromatic heterocycles. The fraction of sp³-hybridized carbons (Fsp3) is 0.900. The molecule has 2 N–H and O–H groups in total. The first-order valence-corrected chi connectivity index (χ1v) is 5.19. The van der Waals surface area contributed by atoms with E-state index < -0.39 is 0 Å². The molecule has 0 aliphatic rings. The first-order valence-electron chi connectivity index (χ1n) is 5.19. The molecule has 0 saturated heterocycles. The summed E-state index contributed by atoms with van der Waals surface area (Å²) in [6.07, 6.45) is 2.15. The molecule has 0 spiro atoms. The van der Waals surface area contributed by atoms with E-state index in [9.17, 15) is 4.79 Å². The van der Waals surface area contributed by atoms with Crippen LogP contribution in [0.4, 0.5) is 0 Å². The van der Waals surface area contributed by atoms with E-state index in [-0.39, 0.29) is 11.9 Å². The number of unbranched alkanes of at least 4 members (excludes halogenated alkanes) is 1. The summed E-state index contributed by atoms with van der Waals surface area (Å²) in [5, 5.41) is 5.91. The summed E-state index contributed by atoms with van der Waals surface area (Å²) < 4.78 is 4.94. The fourth-order valence-corrected chi connectivity index (χ4v) is 1.04. The highest BCUT2D eigenvalue weighted by Gasteiger charge is 2.03. The Hall–Kier alpha value is -0.610. The first kappa shape index (κ1) is 13.4. The van der Waals surface area contributed by atoms with Crippen LogP contribution >= 0.6 is 0 Å². The van der Waals surface area contributed by atoms with Gasteiger partial charge in [-0.1, -0.05) is 13.3 Å². The third-order valence-electron chi connectivity index (χ3n) is 1.88. The second-order valence-electron chi connectivity index (χ2n) is 3.44. The van der Waals surface area contributed by atoms with Crippen molar-refractivity contribution in [1.29, 1.82) is 0 Å². The average molecular weight is 202 g/mol. The highest BCUT2D eigenvalue weighted by atomic mass is 16.5. The van der Waals surface area contributed by atoms with Gasteiger partial charge < -0.3 is 15.4 Å². The van der Waals surface area contributed by atoms with E-state index in [0.717, 1.165) is 19.4 Å². The molecule has 4 heteroatoms. The Morgan fingerprint density at radius 2 is 2.21 bits per heavy atom. The molecule has 4 nitrogen and oxygen atoms in total. The lowest BCUT2D eigenvalue weighted by atomic mass is 10.3. The molecule has 0 saturated carbocycles. The van der Waals surface area contributed by atoms with Gasteiger partial charge >= 0.3 is 0 Å². The van der Waals surface area contributed by atoms with Crippen LogP contribution in [-0.2, 0) is 9.53 Å². The Balaban J connectivity index is 3.34. The maximum absolute atomic E-state index is 11.2. The fourth-order valence-electron chi connectivity index (χ4n) is 1.04. The maximum atomic E-state index is 11.2. The maximum Gasteiger partial charge on any atom is 0.233 e. The van der Waals surface area contributed by atoms with Crippen LogP contribution in [0.5, 0.6) is 0 Å². The number of methoxy groups -OCH3 is 1. The summed E-state index contributed by atoms with van der Waals surface area (Å²) >= 11 is 0. The number of ether oxygens (including phenoxy) is 1. The summed E-state index contributed by atoms with van der Waals surface area (Å²) in [6, 6.07) is 0.219. The smallest absolute Gasteiger partial charge is 0.233 e. The molecule has 14 heavy (non-hydrogen) atoms. The van der Waals surface area contributed by atoms with Crippen molar-refractivity contribution in [3.05, 3.63) is 0 Å². The zero-order chi connectivity index (χ0) is 10.8. The van der Waals surface area contributed by atoms with E-state index in [0.29, 0.717) is 13.2 Å². The van der Waals surface area contributed by atoms with Crippen molar-refractivity contribution in [2.75, 3.05) is 26.8 Å². The summed E-state index contributed by atoms with van der Waals surface area (Å²) in [6.45, 7) is 5.86. The van der Waals surface area contributed by atoms with Crippen LogP contribution in [0.1, 0.15) is 26.7 Å². The summed E-state index contributed by atoms with van der Waals surface area (Å²) in [5.74, 6) is 0.0569. The molecule has 0 aliphatic carbocycles. The Morgan fingerprint density at radius 3 is 2.79 bits per heavy atom. The quantitative estimate of drug-likeness (QED) is 0.564. The van der Waals surface area contributed by atoms with Crippen molar-refractivity contribution < 1.29 is 9.53 Å². The molecule has 0 aromatic rings. The molecule has 0 fully saturated rings. The van der Waals surface area contributed by atoms with E-state index in [1.807, 2.05) is 6.92 Å². The van der Waals surface area contributed by atoms with Gasteiger partial charge in [-0.2, -0.15) is 0 Å². The second kappa shape index (κ2) is 8.97. The van der Waals surface area contributed by atoms with Crippen LogP contribution in [-0.4, -0.2) is 38.8 Å². The van der Waals surface area contributed by atoms with Gasteiger partial charge in [0.05, 0.1) is 13.2 Å². The van der Waals surface area contributed by atoms with Crippen LogP contribution < -0.4 is 10.6 Å². The van der Waals surface area contributed by atoms with Crippen molar-refractivity contribution in [2.24, 2.45) is 0 Å². The van der Waals surface area contributed by atoms with Gasteiger partial charge in [0.15, 0.2) is 0 Å². The lowest BCUT2D eigenvalue weighted by molar-refractivity contribution is -0.120. The summed E-state index contributed by atoms with van der Waals surface area (Å²) in [5.41, 5.74) is 0. The van der Waals surface area contributed by atoms with E-state index in [1.54, 1.807) is 7.11 Å². The zero-order valence-electron chi connectivity index (χ0n) is 9.43. The highest BCUT2D eigenvalue weighted by molar-refractivity contribution is 5.77. The van der Waals surface area contributed by atoms with E-state index >= 15 is 0 Å². The molecule has 0 rings (SSSR count). The molecule has 1 atom stereocenters. The Kier molecular flexibility index (Phi) is 8.57. The molecule has 0 aromatic carbocycles. The Bertz CT molecular complexity index is 151. The van der Waals surface area contributed by atoms with Crippen molar-refractivity contribution in [2.45, 2.75) is 32.7 Å². The summed E-state index contributed by atoms with van der Waals surface area (Å²) in [4.78, 5) is 11.2. The lowest BCUT2D eigenvalue weighted by Crippen LogP contribution is -2.39. The van der Waals surface area contributed by atoms with Crippen LogP contribution in [0.2, 0.25) is 0 Å². The van der Waals surface area contributed by atoms with Crippen LogP contribution in [0, 0.1) is 0 Å². The van der Waals surface area contributed by atoms with E-state index in [2.05, 4.69) is 17.6 Å². The van der Waals surface area contributed by atoms with Crippen LogP contribution in [0.15, 0.2) is 0 Å². The van der Waals surface area contributed by atoms with Crippen molar-refractivity contribution in [3.8, 4) is 0 Å². The van der Waals surface area contributed by atoms with Gasteiger partial charge in [-0.15, -0.1) is 0 Å². The van der Waals surface area contributed by atoms with Gasteiger partial charge in [0.1, 0.15) is 0 Å². The zero-order valence-corrected chi connectivity index (χ0v) is 9.43. The number of carbonyl (C=O) groups is 1. The van der Waals surface area contributed by atoms with Gasteiger partial charge in [0, 0.05) is 19.7 Å². The Morgan fingerprint density at radius 1 is 1.50 bits per heavy atom. The first-order chi connectivity index (χ1) is 6.70. The third-order valence-corrected chi connectivity index (χ3v) is 1.88. The van der Waals surface area contributed by atoms with E-state index in [1.165, 1.54) is 0 Å². The third kappa shape index (κ3) is 8.01. The normalized spacial score (nSPS) is 12.5. The molecule has 0 radical (unpaired) electrons. The van der Waals surface area contributed by atoms with Gasteiger partial charge in [-0.05, 0) is 13.3 Å². The van der Waals surface area contributed by atoms with E-state index in [4.69, 9.17) is 4.74 Å². The SMILES string of the molecule is CCCCNC(=O)CNC(C)COC. The predicted octanol–water partition coefficient (Wildman–Crippen LogP) is 0.527. The number of carbonyl (C=O) groups excluding carboxylic acids is 1. The minimum atomic E-state index is 0.0569. The van der Waals surface area contributed by atoms with Gasteiger partial charge in [0.25, 0.3) is 0 Å². The number of rotatable bonds is 8. The monoisotopic (exact) mass is 202 g/mol. The van der Waals surface area contributed by atoms with Gasteiger partial charge in [0.2, 0.25) is 5.91 Å². The molecule has 1 amide bonds. The standard InChI is InChI=1S/C10H22N2O2/c1-4-5-6-11-10(13)7-12-9(2)8-14-3/h9,12H,4-8H2,1-3H3,(H,11,13). The van der Waals surface area contributed by atoms with Crippen LogP contribution in [0.3, 0.4) is 0 Å². The van der Waals surface area contributed by atoms with Crippen molar-refractivity contribution in [3.63, 3.8) is 0 Å². The highest BCUT2D eigenvalue weighted by Crippen LogP contribution is 1.83. The molecule has 0 heterocycles. The minimum Gasteiger partial charge on any atom is -0.383 e. The largest absolute Gasteiger partial charge is 0.383 e. The van der Waals surface area contributed by atoms with Crippen LogP contribution in [0.25, 0.3) is 0 Å². The summed E-state index contributed by atoms with van der Waals surface area (Å²) in [7, 11) is 1.65. The van der Waals surface area contributed by atoms with Crippen molar-refractivity contribution >= 4 is 5.91 Å². The lowest BCUT2D eigenvalue weighted by Gasteiger charge is -2.12. The molecule has 0 aliphatic heterocycles.